The summed E-state index contributed by atoms with van der Waals surface area (Å²) in [4.78, 5) is 4.13. The van der Waals surface area contributed by atoms with Gasteiger partial charge in [0, 0.05) is 17.1 Å². The van der Waals surface area contributed by atoms with Gasteiger partial charge in [-0.3, -0.25) is 4.98 Å². The van der Waals surface area contributed by atoms with Crippen LogP contribution in [0.1, 0.15) is 5.56 Å². The SMILES string of the molecule is Cc1c(N)cncc1-c1cc(Cl)c2nnc(N)cc2c1. The van der Waals surface area contributed by atoms with Crippen LogP contribution < -0.4 is 11.5 Å². The van der Waals surface area contributed by atoms with Crippen LogP contribution in [0, 0.1) is 6.92 Å². The number of pyridine rings is 1. The fourth-order valence-corrected chi connectivity index (χ4v) is 2.38. The monoisotopic (exact) mass is 285 g/mol. The minimum atomic E-state index is 0.355. The number of fused-ring (bicyclic) bond motifs is 1. The zero-order valence-corrected chi connectivity index (χ0v) is 11.5. The number of hydrogen-bond acceptors (Lipinski definition) is 5. The van der Waals surface area contributed by atoms with E-state index in [1.807, 2.05) is 19.1 Å². The van der Waals surface area contributed by atoms with Crippen LogP contribution in [0.5, 0.6) is 0 Å². The third-order valence-corrected chi connectivity index (χ3v) is 3.52. The van der Waals surface area contributed by atoms with E-state index in [1.165, 1.54) is 0 Å². The van der Waals surface area contributed by atoms with Gasteiger partial charge in [-0.05, 0) is 36.2 Å². The zero-order valence-electron chi connectivity index (χ0n) is 10.8. The molecule has 0 aliphatic rings. The predicted molar refractivity (Wildman–Crippen MR) is 81.3 cm³/mol. The molecule has 0 radical (unpaired) electrons. The molecule has 4 N–H and O–H groups in total. The maximum Gasteiger partial charge on any atom is 0.146 e. The van der Waals surface area contributed by atoms with Gasteiger partial charge < -0.3 is 11.5 Å². The summed E-state index contributed by atoms with van der Waals surface area (Å²) in [6.07, 6.45) is 3.39. The predicted octanol–water partition coefficient (Wildman–Crippen LogP) is 2.82. The second kappa shape index (κ2) is 4.61. The molecule has 0 aliphatic carbocycles. The molecule has 3 aromatic rings. The average Bonchev–Trinajstić information content (AvgIpc) is 2.41. The van der Waals surface area contributed by atoms with Gasteiger partial charge in [0.2, 0.25) is 0 Å². The summed E-state index contributed by atoms with van der Waals surface area (Å²) in [5.41, 5.74) is 15.7. The second-order valence-electron chi connectivity index (χ2n) is 4.57. The lowest BCUT2D eigenvalue weighted by molar-refractivity contribution is 1.09. The molecule has 2 heterocycles. The fourth-order valence-electron chi connectivity index (χ4n) is 2.12. The van der Waals surface area contributed by atoms with Gasteiger partial charge in [0.25, 0.3) is 0 Å². The number of nitrogens with zero attached hydrogens (tertiary/aromatic N) is 3. The van der Waals surface area contributed by atoms with Gasteiger partial charge in [0.05, 0.1) is 16.9 Å². The Bertz CT molecular complexity index is 816. The Labute approximate surface area is 120 Å². The van der Waals surface area contributed by atoms with Crippen molar-refractivity contribution in [2.24, 2.45) is 0 Å². The van der Waals surface area contributed by atoms with Crippen LogP contribution in [-0.2, 0) is 0 Å². The molecule has 1 aromatic carbocycles. The summed E-state index contributed by atoms with van der Waals surface area (Å²) in [6.45, 7) is 1.95. The average molecular weight is 286 g/mol. The van der Waals surface area contributed by atoms with Crippen molar-refractivity contribution < 1.29 is 0 Å². The zero-order chi connectivity index (χ0) is 14.3. The van der Waals surface area contributed by atoms with Gasteiger partial charge in [-0.15, -0.1) is 10.2 Å². The molecule has 3 rings (SSSR count). The maximum absolute atomic E-state index is 6.26. The molecular formula is C14H12ClN5. The molecule has 2 aromatic heterocycles. The van der Waals surface area contributed by atoms with Gasteiger partial charge in [-0.25, -0.2) is 0 Å². The number of nitrogens with two attached hydrogens (primary N) is 2. The molecule has 0 saturated heterocycles. The first-order chi connectivity index (χ1) is 9.56. The Morgan fingerprint density at radius 2 is 1.85 bits per heavy atom. The summed E-state index contributed by atoms with van der Waals surface area (Å²) in [7, 11) is 0. The number of halogens is 1. The van der Waals surface area contributed by atoms with Crippen molar-refractivity contribution >= 4 is 34.0 Å². The van der Waals surface area contributed by atoms with Crippen LogP contribution in [0.2, 0.25) is 5.02 Å². The van der Waals surface area contributed by atoms with E-state index in [0.717, 1.165) is 22.1 Å². The first-order valence-electron chi connectivity index (χ1n) is 5.99. The molecule has 100 valence electrons. The highest BCUT2D eigenvalue weighted by molar-refractivity contribution is 6.35. The highest BCUT2D eigenvalue weighted by Gasteiger charge is 2.10. The Balaban J connectivity index is 2.29. The van der Waals surface area contributed by atoms with E-state index in [1.54, 1.807) is 18.5 Å². The summed E-state index contributed by atoms with van der Waals surface area (Å²) in [5.74, 6) is 0.355. The quantitative estimate of drug-likeness (QED) is 0.717. The Morgan fingerprint density at radius 3 is 2.65 bits per heavy atom. The minimum Gasteiger partial charge on any atom is -0.397 e. The lowest BCUT2D eigenvalue weighted by Crippen LogP contribution is -1.96. The molecule has 0 saturated carbocycles. The topological polar surface area (TPSA) is 90.7 Å². The summed E-state index contributed by atoms with van der Waals surface area (Å²) in [5, 5.41) is 9.18. The number of rotatable bonds is 1. The lowest BCUT2D eigenvalue weighted by atomic mass is 10.0. The van der Waals surface area contributed by atoms with Gasteiger partial charge in [-0.1, -0.05) is 11.6 Å². The van der Waals surface area contributed by atoms with E-state index in [9.17, 15) is 0 Å². The van der Waals surface area contributed by atoms with E-state index in [0.29, 0.717) is 22.0 Å². The van der Waals surface area contributed by atoms with Crippen LogP contribution in [-0.4, -0.2) is 15.2 Å². The van der Waals surface area contributed by atoms with Crippen LogP contribution in [0.25, 0.3) is 22.0 Å². The van der Waals surface area contributed by atoms with Crippen molar-refractivity contribution in [3.05, 3.63) is 41.2 Å². The molecule has 0 atom stereocenters. The number of anilines is 2. The molecule has 0 bridgehead atoms. The van der Waals surface area contributed by atoms with Crippen molar-refractivity contribution in [1.29, 1.82) is 0 Å². The second-order valence-corrected chi connectivity index (χ2v) is 4.97. The lowest BCUT2D eigenvalue weighted by Gasteiger charge is -2.10. The molecule has 0 spiro atoms. The Morgan fingerprint density at radius 1 is 1.05 bits per heavy atom. The van der Waals surface area contributed by atoms with Crippen LogP contribution in [0.15, 0.2) is 30.6 Å². The molecule has 0 fully saturated rings. The Hall–Kier alpha value is -2.40. The summed E-state index contributed by atoms with van der Waals surface area (Å²) < 4.78 is 0. The molecule has 0 amide bonds. The van der Waals surface area contributed by atoms with E-state index < -0.39 is 0 Å². The minimum absolute atomic E-state index is 0.355. The normalized spacial score (nSPS) is 10.9. The van der Waals surface area contributed by atoms with Crippen molar-refractivity contribution in [2.45, 2.75) is 6.92 Å². The number of nitrogen functional groups attached to an aromatic ring is 2. The first kappa shape index (κ1) is 12.6. The van der Waals surface area contributed by atoms with Gasteiger partial charge in [0.15, 0.2) is 0 Å². The maximum atomic E-state index is 6.26. The smallest absolute Gasteiger partial charge is 0.146 e. The number of benzene rings is 1. The Kier molecular flexibility index (Phi) is 2.91. The van der Waals surface area contributed by atoms with Crippen LogP contribution >= 0.6 is 11.6 Å². The van der Waals surface area contributed by atoms with Crippen molar-refractivity contribution in [3.8, 4) is 11.1 Å². The van der Waals surface area contributed by atoms with Crippen LogP contribution in [0.3, 0.4) is 0 Å². The van der Waals surface area contributed by atoms with Gasteiger partial charge in [-0.2, -0.15) is 0 Å². The third kappa shape index (κ3) is 2.02. The van der Waals surface area contributed by atoms with E-state index >= 15 is 0 Å². The molecular weight excluding hydrogens is 274 g/mol. The van der Waals surface area contributed by atoms with Crippen molar-refractivity contribution in [2.75, 3.05) is 11.5 Å². The fraction of sp³-hybridized carbons (Fsp3) is 0.0714. The van der Waals surface area contributed by atoms with E-state index in [4.69, 9.17) is 23.1 Å². The summed E-state index contributed by atoms with van der Waals surface area (Å²) in [6, 6.07) is 5.53. The molecule has 0 unspecified atom stereocenters. The standard InChI is InChI=1S/C14H12ClN5/c1-7-10(5-18-6-12(7)16)8-2-9-4-13(17)19-20-14(9)11(15)3-8/h2-6H,16H2,1H3,(H2,17,19). The van der Waals surface area contributed by atoms with E-state index in [2.05, 4.69) is 15.2 Å². The van der Waals surface area contributed by atoms with Gasteiger partial charge in [0.1, 0.15) is 11.3 Å². The van der Waals surface area contributed by atoms with E-state index in [-0.39, 0.29) is 0 Å². The number of hydrogen-bond donors (Lipinski definition) is 2. The number of aromatic nitrogens is 3. The van der Waals surface area contributed by atoms with Crippen molar-refractivity contribution in [3.63, 3.8) is 0 Å². The first-order valence-corrected chi connectivity index (χ1v) is 6.37. The summed E-state index contributed by atoms with van der Waals surface area (Å²) >= 11 is 6.26. The van der Waals surface area contributed by atoms with Gasteiger partial charge >= 0.3 is 0 Å². The molecule has 6 heteroatoms. The highest BCUT2D eigenvalue weighted by atomic mass is 35.5. The molecule has 0 aliphatic heterocycles. The largest absolute Gasteiger partial charge is 0.397 e. The molecule has 5 nitrogen and oxygen atoms in total. The molecule has 20 heavy (non-hydrogen) atoms. The highest BCUT2D eigenvalue weighted by Crippen LogP contribution is 2.32. The van der Waals surface area contributed by atoms with Crippen LogP contribution in [0.4, 0.5) is 11.5 Å². The van der Waals surface area contributed by atoms with Crippen molar-refractivity contribution in [1.82, 2.24) is 15.2 Å². The third-order valence-electron chi connectivity index (χ3n) is 3.23.